The van der Waals surface area contributed by atoms with Crippen LogP contribution in [0.15, 0.2) is 28.7 Å². The summed E-state index contributed by atoms with van der Waals surface area (Å²) in [6.45, 7) is 3.02. The van der Waals surface area contributed by atoms with Crippen molar-refractivity contribution in [1.29, 1.82) is 5.26 Å². The first-order chi connectivity index (χ1) is 7.24. The van der Waals surface area contributed by atoms with Crippen molar-refractivity contribution >= 4 is 15.9 Å². The van der Waals surface area contributed by atoms with Crippen LogP contribution < -0.4 is 5.32 Å². The Hall–Kier alpha value is -0.850. The Bertz CT molecular complexity index is 344. The molecule has 0 aliphatic rings. The fraction of sp³-hybridized carbons (Fsp3) is 0.417. The number of halogens is 1. The zero-order valence-corrected chi connectivity index (χ0v) is 10.4. The highest BCUT2D eigenvalue weighted by molar-refractivity contribution is 9.10. The van der Waals surface area contributed by atoms with Crippen LogP contribution in [0.1, 0.15) is 31.4 Å². The maximum atomic E-state index is 8.40. The van der Waals surface area contributed by atoms with E-state index in [-0.39, 0.29) is 0 Å². The maximum Gasteiger partial charge on any atom is 0.0622 e. The van der Waals surface area contributed by atoms with E-state index in [0.717, 1.165) is 17.4 Å². The Balaban J connectivity index is 2.40. The molecule has 1 aromatic carbocycles. The second-order valence-electron chi connectivity index (χ2n) is 3.49. The average molecular weight is 267 g/mol. The second kappa shape index (κ2) is 6.60. The van der Waals surface area contributed by atoms with Crippen molar-refractivity contribution in [2.24, 2.45) is 0 Å². The van der Waals surface area contributed by atoms with Crippen molar-refractivity contribution in [3.63, 3.8) is 0 Å². The zero-order valence-electron chi connectivity index (χ0n) is 8.83. The van der Waals surface area contributed by atoms with Gasteiger partial charge in [-0.1, -0.05) is 28.1 Å². The van der Waals surface area contributed by atoms with Crippen molar-refractivity contribution in [2.75, 3.05) is 6.54 Å². The number of nitrogens with one attached hydrogen (secondary N) is 1. The van der Waals surface area contributed by atoms with Crippen LogP contribution in [0.2, 0.25) is 0 Å². The fourth-order valence-corrected chi connectivity index (χ4v) is 1.80. The first-order valence-electron chi connectivity index (χ1n) is 5.10. The topological polar surface area (TPSA) is 35.8 Å². The van der Waals surface area contributed by atoms with Gasteiger partial charge >= 0.3 is 0 Å². The lowest BCUT2D eigenvalue weighted by molar-refractivity contribution is 0.562. The Morgan fingerprint density at radius 2 is 2.33 bits per heavy atom. The molecule has 0 saturated heterocycles. The monoisotopic (exact) mass is 266 g/mol. The van der Waals surface area contributed by atoms with E-state index in [0.29, 0.717) is 12.5 Å². The van der Waals surface area contributed by atoms with E-state index in [1.54, 1.807) is 0 Å². The molecule has 15 heavy (non-hydrogen) atoms. The van der Waals surface area contributed by atoms with Gasteiger partial charge in [0.1, 0.15) is 0 Å². The van der Waals surface area contributed by atoms with Gasteiger partial charge in [-0.2, -0.15) is 5.26 Å². The third-order valence-corrected chi connectivity index (χ3v) is 2.76. The van der Waals surface area contributed by atoms with E-state index < -0.39 is 0 Å². The van der Waals surface area contributed by atoms with Gasteiger partial charge in [0.25, 0.3) is 0 Å². The quantitative estimate of drug-likeness (QED) is 0.830. The summed E-state index contributed by atoms with van der Waals surface area (Å²) in [5, 5.41) is 11.8. The molecule has 0 heterocycles. The standard InChI is InChI=1S/C12H15BrN2/c1-10(15-8-3-2-7-14)11-5-4-6-12(13)9-11/h4-6,9-10,15H,2-3,8H2,1H3. The number of benzene rings is 1. The third kappa shape index (κ3) is 4.46. The zero-order chi connectivity index (χ0) is 11.1. The van der Waals surface area contributed by atoms with Crippen LogP contribution >= 0.6 is 15.9 Å². The summed E-state index contributed by atoms with van der Waals surface area (Å²) < 4.78 is 1.10. The van der Waals surface area contributed by atoms with E-state index in [2.05, 4.69) is 46.4 Å². The highest BCUT2D eigenvalue weighted by atomic mass is 79.9. The molecular weight excluding hydrogens is 252 g/mol. The lowest BCUT2D eigenvalue weighted by Gasteiger charge is -2.13. The minimum Gasteiger partial charge on any atom is -0.310 e. The first-order valence-corrected chi connectivity index (χ1v) is 5.89. The van der Waals surface area contributed by atoms with Crippen molar-refractivity contribution in [3.8, 4) is 6.07 Å². The van der Waals surface area contributed by atoms with Crippen LogP contribution in [0.25, 0.3) is 0 Å². The van der Waals surface area contributed by atoms with Gasteiger partial charge in [0.05, 0.1) is 6.07 Å². The molecule has 3 heteroatoms. The largest absolute Gasteiger partial charge is 0.310 e. The minimum absolute atomic E-state index is 0.334. The molecule has 1 aromatic rings. The van der Waals surface area contributed by atoms with Gasteiger partial charge in [-0.15, -0.1) is 0 Å². The summed E-state index contributed by atoms with van der Waals surface area (Å²) in [5.41, 5.74) is 1.27. The summed E-state index contributed by atoms with van der Waals surface area (Å²) in [6.07, 6.45) is 1.53. The average Bonchev–Trinajstić information content (AvgIpc) is 2.24. The third-order valence-electron chi connectivity index (χ3n) is 2.26. The highest BCUT2D eigenvalue weighted by Gasteiger charge is 2.03. The Morgan fingerprint density at radius 1 is 1.53 bits per heavy atom. The second-order valence-corrected chi connectivity index (χ2v) is 4.41. The van der Waals surface area contributed by atoms with Gasteiger partial charge in [0, 0.05) is 16.9 Å². The molecule has 80 valence electrons. The predicted molar refractivity (Wildman–Crippen MR) is 65.4 cm³/mol. The molecule has 0 aliphatic heterocycles. The number of hydrogen-bond donors (Lipinski definition) is 1. The summed E-state index contributed by atoms with van der Waals surface area (Å²) in [6, 6.07) is 10.7. The van der Waals surface area contributed by atoms with Crippen LogP contribution in [0.3, 0.4) is 0 Å². The number of unbranched alkanes of at least 4 members (excludes halogenated alkanes) is 1. The van der Waals surface area contributed by atoms with Gasteiger partial charge in [-0.05, 0) is 37.6 Å². The summed E-state index contributed by atoms with van der Waals surface area (Å²) in [5.74, 6) is 0. The number of hydrogen-bond acceptors (Lipinski definition) is 2. The van der Waals surface area contributed by atoms with Crippen molar-refractivity contribution in [1.82, 2.24) is 5.32 Å². The smallest absolute Gasteiger partial charge is 0.0622 e. The summed E-state index contributed by atoms with van der Waals surface area (Å²) in [7, 11) is 0. The van der Waals surface area contributed by atoms with E-state index in [1.807, 2.05) is 12.1 Å². The van der Waals surface area contributed by atoms with Gasteiger partial charge in [0.2, 0.25) is 0 Å². The maximum absolute atomic E-state index is 8.40. The van der Waals surface area contributed by atoms with Crippen LogP contribution in [0.5, 0.6) is 0 Å². The summed E-state index contributed by atoms with van der Waals surface area (Å²) in [4.78, 5) is 0. The summed E-state index contributed by atoms with van der Waals surface area (Å²) >= 11 is 3.45. The molecule has 1 atom stereocenters. The molecule has 0 aromatic heterocycles. The number of nitrogens with zero attached hydrogens (tertiary/aromatic N) is 1. The van der Waals surface area contributed by atoms with E-state index >= 15 is 0 Å². The molecule has 2 nitrogen and oxygen atoms in total. The molecule has 1 N–H and O–H groups in total. The van der Waals surface area contributed by atoms with Crippen LogP contribution in [-0.4, -0.2) is 6.54 Å². The van der Waals surface area contributed by atoms with Crippen LogP contribution in [0.4, 0.5) is 0 Å². The molecule has 0 spiro atoms. The van der Waals surface area contributed by atoms with Crippen LogP contribution in [-0.2, 0) is 0 Å². The Labute approximate surface area is 99.4 Å². The molecule has 0 aliphatic carbocycles. The Morgan fingerprint density at radius 3 is 3.00 bits per heavy atom. The van der Waals surface area contributed by atoms with E-state index in [1.165, 1.54) is 5.56 Å². The molecule has 0 fully saturated rings. The van der Waals surface area contributed by atoms with Crippen LogP contribution in [0, 0.1) is 11.3 Å². The molecular formula is C12H15BrN2. The molecule has 1 rings (SSSR count). The SMILES string of the molecule is CC(NCCCC#N)c1cccc(Br)c1. The lowest BCUT2D eigenvalue weighted by atomic mass is 10.1. The van der Waals surface area contributed by atoms with Crippen molar-refractivity contribution in [3.05, 3.63) is 34.3 Å². The molecule has 0 radical (unpaired) electrons. The lowest BCUT2D eigenvalue weighted by Crippen LogP contribution is -2.19. The van der Waals surface area contributed by atoms with Gasteiger partial charge < -0.3 is 5.32 Å². The predicted octanol–water partition coefficient (Wildman–Crippen LogP) is 3.40. The van der Waals surface area contributed by atoms with Gasteiger partial charge in [-0.25, -0.2) is 0 Å². The first kappa shape index (κ1) is 12.2. The van der Waals surface area contributed by atoms with E-state index in [4.69, 9.17) is 5.26 Å². The highest BCUT2D eigenvalue weighted by Crippen LogP contribution is 2.17. The van der Waals surface area contributed by atoms with E-state index in [9.17, 15) is 0 Å². The van der Waals surface area contributed by atoms with Crippen molar-refractivity contribution in [2.45, 2.75) is 25.8 Å². The Kier molecular flexibility index (Phi) is 5.38. The molecule has 0 saturated carbocycles. The van der Waals surface area contributed by atoms with Gasteiger partial charge in [0.15, 0.2) is 0 Å². The van der Waals surface area contributed by atoms with Gasteiger partial charge in [-0.3, -0.25) is 0 Å². The molecule has 0 amide bonds. The van der Waals surface area contributed by atoms with Crippen molar-refractivity contribution < 1.29 is 0 Å². The fourth-order valence-electron chi connectivity index (χ4n) is 1.38. The number of nitriles is 1. The molecule has 0 bridgehead atoms. The number of rotatable bonds is 5. The molecule has 1 unspecified atom stereocenters. The minimum atomic E-state index is 0.334. The normalized spacial score (nSPS) is 12.1.